The predicted octanol–water partition coefficient (Wildman–Crippen LogP) is 2.74. The zero-order valence-electron chi connectivity index (χ0n) is 12.8. The maximum Gasteiger partial charge on any atom is 0.312 e. The minimum atomic E-state index is -0.253. The number of carbonyl (C=O) groups excluding carboxylic acids is 2. The average Bonchev–Trinajstić information content (AvgIpc) is 3.33. The molecule has 0 aliphatic heterocycles. The van der Waals surface area contributed by atoms with E-state index >= 15 is 0 Å². The fraction of sp³-hybridized carbons (Fsp3) is 0.625. The van der Waals surface area contributed by atoms with Crippen LogP contribution in [0, 0.1) is 22.7 Å². The normalized spacial score (nSPS) is 36.8. The van der Waals surface area contributed by atoms with Gasteiger partial charge in [0.05, 0.1) is 25.0 Å². The van der Waals surface area contributed by atoms with Gasteiger partial charge in [0.2, 0.25) is 0 Å². The maximum atomic E-state index is 11.0. The molecule has 4 heteroatoms. The number of rotatable bonds is 4. The topological polar surface area (TPSA) is 52.6 Å². The molecule has 112 valence electrons. The zero-order valence-corrected chi connectivity index (χ0v) is 12.8. The Morgan fingerprint density at radius 3 is 1.40 bits per heavy atom. The van der Waals surface area contributed by atoms with Crippen molar-refractivity contribution in [2.45, 2.75) is 26.7 Å². The van der Waals surface area contributed by atoms with Gasteiger partial charge < -0.3 is 9.47 Å². The molecule has 0 aromatic rings. The number of carbonyl (C=O) groups is 2. The third kappa shape index (κ3) is 2.94. The highest BCUT2D eigenvalue weighted by Gasteiger charge is 2.55. The lowest BCUT2D eigenvalue weighted by Gasteiger charge is -2.04. The van der Waals surface area contributed by atoms with Gasteiger partial charge >= 0.3 is 11.9 Å². The molecule has 0 N–H and O–H groups in total. The quantitative estimate of drug-likeness (QED) is 0.587. The molecular weight excluding hydrogens is 256 g/mol. The highest BCUT2D eigenvalue weighted by molar-refractivity contribution is 5.81. The van der Waals surface area contributed by atoms with Gasteiger partial charge in [0.25, 0.3) is 0 Å². The van der Waals surface area contributed by atoms with Gasteiger partial charge in [0.1, 0.15) is 0 Å². The van der Waals surface area contributed by atoms with Crippen molar-refractivity contribution >= 4 is 11.9 Å². The van der Waals surface area contributed by atoms with Gasteiger partial charge in [-0.25, -0.2) is 0 Å². The largest absolute Gasteiger partial charge is 0.469 e. The number of methoxy groups -OCH3 is 2. The Hall–Kier alpha value is -1.58. The lowest BCUT2D eigenvalue weighted by atomic mass is 10.1. The zero-order chi connectivity index (χ0) is 15.6. The van der Waals surface area contributed by atoms with Crippen molar-refractivity contribution < 1.29 is 19.1 Å². The van der Waals surface area contributed by atoms with Crippen LogP contribution in [-0.2, 0) is 19.1 Å². The van der Waals surface area contributed by atoms with Crippen molar-refractivity contribution in [2.24, 2.45) is 22.7 Å². The first-order valence-electron chi connectivity index (χ1n) is 6.72. The van der Waals surface area contributed by atoms with E-state index < -0.39 is 0 Å². The lowest BCUT2D eigenvalue weighted by molar-refractivity contribution is -0.147. The van der Waals surface area contributed by atoms with Crippen LogP contribution in [0.1, 0.15) is 26.7 Å². The van der Waals surface area contributed by atoms with Crippen molar-refractivity contribution in [3.63, 3.8) is 0 Å². The Bertz CT molecular complexity index is 388. The fourth-order valence-corrected chi connectivity index (χ4v) is 2.42. The summed E-state index contributed by atoms with van der Waals surface area (Å²) in [4.78, 5) is 22.0. The highest BCUT2D eigenvalue weighted by atomic mass is 16.5. The van der Waals surface area contributed by atoms with Crippen LogP contribution in [0.5, 0.6) is 0 Å². The molecule has 3 unspecified atom stereocenters. The molecule has 20 heavy (non-hydrogen) atoms. The van der Waals surface area contributed by atoms with Crippen molar-refractivity contribution in [2.75, 3.05) is 14.2 Å². The smallest absolute Gasteiger partial charge is 0.312 e. The molecule has 0 saturated heterocycles. The first-order chi connectivity index (χ1) is 9.29. The summed E-state index contributed by atoms with van der Waals surface area (Å²) in [6.45, 7) is 11.1. The SMILES string of the molecule is C=CC1CC1(C)C(=O)OC.C=CC1C[C@]1(C)C(=O)OC. The second kappa shape index (κ2) is 5.81. The van der Waals surface area contributed by atoms with Crippen LogP contribution in [0.2, 0.25) is 0 Å². The Morgan fingerprint density at radius 2 is 1.25 bits per heavy atom. The van der Waals surface area contributed by atoms with E-state index in [1.165, 1.54) is 14.2 Å². The van der Waals surface area contributed by atoms with E-state index in [-0.39, 0.29) is 22.8 Å². The predicted molar refractivity (Wildman–Crippen MR) is 76.9 cm³/mol. The molecule has 0 spiro atoms. The number of hydrogen-bond acceptors (Lipinski definition) is 4. The number of ether oxygens (including phenoxy) is 2. The summed E-state index contributed by atoms with van der Waals surface area (Å²) in [5.74, 6) is 0.440. The molecule has 0 aromatic carbocycles. The second-order valence-corrected chi connectivity index (χ2v) is 5.91. The summed E-state index contributed by atoms with van der Waals surface area (Å²) >= 11 is 0. The summed E-state index contributed by atoms with van der Waals surface area (Å²) in [5, 5.41) is 0. The monoisotopic (exact) mass is 280 g/mol. The molecule has 2 aliphatic carbocycles. The maximum absolute atomic E-state index is 11.0. The molecule has 0 amide bonds. The fourth-order valence-electron chi connectivity index (χ4n) is 2.42. The van der Waals surface area contributed by atoms with E-state index in [9.17, 15) is 9.59 Å². The molecular formula is C16H24O4. The summed E-state index contributed by atoms with van der Waals surface area (Å²) in [6, 6.07) is 0. The van der Waals surface area contributed by atoms with Crippen molar-refractivity contribution in [1.29, 1.82) is 0 Å². The van der Waals surface area contributed by atoms with E-state index in [1.807, 2.05) is 26.0 Å². The van der Waals surface area contributed by atoms with E-state index in [0.717, 1.165) is 12.8 Å². The summed E-state index contributed by atoms with van der Waals surface area (Å²) in [6.07, 6.45) is 5.42. The highest BCUT2D eigenvalue weighted by Crippen LogP contribution is 2.54. The van der Waals surface area contributed by atoms with E-state index in [0.29, 0.717) is 11.8 Å². The first-order valence-corrected chi connectivity index (χ1v) is 6.72. The van der Waals surface area contributed by atoms with Gasteiger partial charge in [-0.3, -0.25) is 9.59 Å². The van der Waals surface area contributed by atoms with Gasteiger partial charge in [-0.2, -0.15) is 0 Å². The van der Waals surface area contributed by atoms with E-state index in [4.69, 9.17) is 0 Å². The molecule has 2 fully saturated rings. The van der Waals surface area contributed by atoms with Gasteiger partial charge in [-0.05, 0) is 38.5 Å². The minimum absolute atomic E-state index is 0.114. The van der Waals surface area contributed by atoms with E-state index in [2.05, 4.69) is 22.6 Å². The van der Waals surface area contributed by atoms with Crippen LogP contribution in [0.4, 0.5) is 0 Å². The molecule has 0 radical (unpaired) electrons. The number of esters is 2. The number of allylic oxidation sites excluding steroid dienone is 2. The first kappa shape index (κ1) is 16.5. The van der Waals surface area contributed by atoms with Gasteiger partial charge in [0.15, 0.2) is 0 Å². The van der Waals surface area contributed by atoms with Gasteiger partial charge in [0, 0.05) is 0 Å². The molecule has 2 saturated carbocycles. The van der Waals surface area contributed by atoms with Crippen LogP contribution >= 0.6 is 0 Å². The van der Waals surface area contributed by atoms with Crippen molar-refractivity contribution in [3.05, 3.63) is 25.3 Å². The Labute approximate surface area is 120 Å². The molecule has 2 rings (SSSR count). The van der Waals surface area contributed by atoms with Crippen molar-refractivity contribution in [3.8, 4) is 0 Å². The molecule has 0 aromatic heterocycles. The van der Waals surface area contributed by atoms with Gasteiger partial charge in [-0.1, -0.05) is 12.2 Å². The molecule has 4 nitrogen and oxygen atoms in total. The Morgan fingerprint density at radius 1 is 0.950 bits per heavy atom. The number of hydrogen-bond donors (Lipinski definition) is 0. The average molecular weight is 280 g/mol. The molecule has 0 bridgehead atoms. The Balaban J connectivity index is 0.000000200. The third-order valence-corrected chi connectivity index (χ3v) is 4.48. The molecule has 2 aliphatic rings. The standard InChI is InChI=1S/2C8H12O2/c2*1-4-6-5-8(6,2)7(9)10-3/h2*4,6H,1,5H2,2-3H3/t6?,8-;/m0./s1. The summed E-state index contributed by atoms with van der Waals surface area (Å²) in [7, 11) is 2.85. The third-order valence-electron chi connectivity index (χ3n) is 4.48. The summed E-state index contributed by atoms with van der Waals surface area (Å²) in [5.41, 5.74) is -0.507. The van der Waals surface area contributed by atoms with Crippen LogP contribution in [0.3, 0.4) is 0 Å². The molecule has 0 heterocycles. The van der Waals surface area contributed by atoms with E-state index in [1.54, 1.807) is 0 Å². The van der Waals surface area contributed by atoms with Crippen LogP contribution in [0.15, 0.2) is 25.3 Å². The van der Waals surface area contributed by atoms with Gasteiger partial charge in [-0.15, -0.1) is 13.2 Å². The Kier molecular flexibility index (Phi) is 4.79. The second-order valence-electron chi connectivity index (χ2n) is 5.91. The lowest BCUT2D eigenvalue weighted by Crippen LogP contribution is -2.15. The van der Waals surface area contributed by atoms with Crippen LogP contribution in [0.25, 0.3) is 0 Å². The molecule has 4 atom stereocenters. The van der Waals surface area contributed by atoms with Crippen LogP contribution in [-0.4, -0.2) is 26.2 Å². The van der Waals surface area contributed by atoms with Crippen molar-refractivity contribution in [1.82, 2.24) is 0 Å². The van der Waals surface area contributed by atoms with Crippen LogP contribution < -0.4 is 0 Å². The summed E-state index contributed by atoms with van der Waals surface area (Å²) < 4.78 is 9.25. The minimum Gasteiger partial charge on any atom is -0.469 e.